The minimum Gasteiger partial charge on any atom is -0.0625 e. The van der Waals surface area contributed by atoms with Crippen LogP contribution in [0.3, 0.4) is 0 Å². The topological polar surface area (TPSA) is 0 Å². The second kappa shape index (κ2) is 3.25. The van der Waals surface area contributed by atoms with E-state index < -0.39 is 0 Å². The average Bonchev–Trinajstić information content (AvgIpc) is 2.37. The first kappa shape index (κ1) is 10.2. The van der Waals surface area contributed by atoms with Crippen molar-refractivity contribution in [2.24, 2.45) is 35.0 Å². The molecule has 0 heterocycles. The molecule has 3 aliphatic carbocycles. The first-order chi connectivity index (χ1) is 7.05. The van der Waals surface area contributed by atoms with Gasteiger partial charge in [0.15, 0.2) is 0 Å². The average molecular weight is 206 g/mol. The van der Waals surface area contributed by atoms with Gasteiger partial charge in [0.05, 0.1) is 0 Å². The fourth-order valence-electron chi connectivity index (χ4n) is 5.17. The van der Waals surface area contributed by atoms with Crippen LogP contribution in [0.25, 0.3) is 0 Å². The molecule has 5 unspecified atom stereocenters. The molecule has 5 atom stereocenters. The van der Waals surface area contributed by atoms with Crippen LogP contribution in [-0.2, 0) is 0 Å². The largest absolute Gasteiger partial charge is 0.0625 e. The maximum atomic E-state index is 2.49. The second-order valence-corrected chi connectivity index (χ2v) is 7.57. The third-order valence-corrected chi connectivity index (χ3v) is 5.72. The SMILES string of the molecule is CC1CC2CC(C1)C1CC(C)(C)CCC21. The Kier molecular flexibility index (Phi) is 2.20. The van der Waals surface area contributed by atoms with Crippen molar-refractivity contribution < 1.29 is 0 Å². The lowest BCUT2D eigenvalue weighted by Crippen LogP contribution is -2.30. The minimum atomic E-state index is 0.655. The highest BCUT2D eigenvalue weighted by atomic mass is 14.5. The van der Waals surface area contributed by atoms with Crippen molar-refractivity contribution in [3.8, 4) is 0 Å². The molecular formula is C15H26. The van der Waals surface area contributed by atoms with Crippen LogP contribution < -0.4 is 0 Å². The zero-order valence-electron chi connectivity index (χ0n) is 10.6. The molecule has 0 nitrogen and oxygen atoms in total. The van der Waals surface area contributed by atoms with E-state index in [4.69, 9.17) is 0 Å². The molecule has 3 saturated carbocycles. The molecule has 3 aliphatic rings. The molecule has 0 amide bonds. The van der Waals surface area contributed by atoms with Gasteiger partial charge in [0.2, 0.25) is 0 Å². The van der Waals surface area contributed by atoms with Gasteiger partial charge in [-0.2, -0.15) is 0 Å². The highest BCUT2D eigenvalue weighted by molar-refractivity contribution is 5.00. The molecule has 0 radical (unpaired) electrons. The van der Waals surface area contributed by atoms with E-state index in [1.54, 1.807) is 25.7 Å². The molecule has 0 N–H and O–H groups in total. The van der Waals surface area contributed by atoms with Gasteiger partial charge in [-0.15, -0.1) is 0 Å². The summed E-state index contributed by atoms with van der Waals surface area (Å²) in [6.07, 6.45) is 9.27. The van der Waals surface area contributed by atoms with E-state index in [1.807, 2.05) is 0 Å². The van der Waals surface area contributed by atoms with Gasteiger partial charge < -0.3 is 0 Å². The Balaban J connectivity index is 1.81. The number of hydrogen-bond acceptors (Lipinski definition) is 0. The lowest BCUT2D eigenvalue weighted by molar-refractivity contribution is 0.105. The van der Waals surface area contributed by atoms with Gasteiger partial charge in [0, 0.05) is 0 Å². The van der Waals surface area contributed by atoms with Crippen molar-refractivity contribution in [2.75, 3.05) is 0 Å². The van der Waals surface area contributed by atoms with E-state index in [0.717, 1.165) is 29.6 Å². The Bertz CT molecular complexity index is 253. The third-order valence-electron chi connectivity index (χ3n) is 5.72. The zero-order valence-corrected chi connectivity index (χ0v) is 10.6. The standard InChI is InChI=1S/C15H26/c1-10-6-11-8-12(7-10)14-9-15(2,3)5-4-13(11)14/h10-14H,4-9H2,1-3H3. The monoisotopic (exact) mass is 206 g/mol. The molecule has 0 aliphatic heterocycles. The highest BCUT2D eigenvalue weighted by Gasteiger charge is 2.50. The Morgan fingerprint density at radius 1 is 0.933 bits per heavy atom. The van der Waals surface area contributed by atoms with E-state index >= 15 is 0 Å². The molecule has 15 heavy (non-hydrogen) atoms. The molecule has 2 bridgehead atoms. The predicted molar refractivity (Wildman–Crippen MR) is 64.6 cm³/mol. The third kappa shape index (κ3) is 1.65. The lowest BCUT2D eigenvalue weighted by atomic mass is 9.66. The second-order valence-electron chi connectivity index (χ2n) is 7.57. The summed E-state index contributed by atoms with van der Waals surface area (Å²) < 4.78 is 0. The van der Waals surface area contributed by atoms with Gasteiger partial charge >= 0.3 is 0 Å². The Morgan fingerprint density at radius 3 is 2.33 bits per heavy atom. The summed E-state index contributed by atoms with van der Waals surface area (Å²) in [5.74, 6) is 5.52. The Morgan fingerprint density at radius 2 is 1.60 bits per heavy atom. The Hall–Kier alpha value is 0. The molecule has 0 saturated heterocycles. The molecule has 0 heteroatoms. The zero-order chi connectivity index (χ0) is 10.6. The fourth-order valence-corrected chi connectivity index (χ4v) is 5.17. The van der Waals surface area contributed by atoms with Gasteiger partial charge in [-0.1, -0.05) is 20.8 Å². The quantitative estimate of drug-likeness (QED) is 0.547. The van der Waals surface area contributed by atoms with Crippen molar-refractivity contribution in [2.45, 2.75) is 59.3 Å². The highest BCUT2D eigenvalue weighted by Crippen LogP contribution is 2.59. The van der Waals surface area contributed by atoms with E-state index in [-0.39, 0.29) is 0 Å². The van der Waals surface area contributed by atoms with Crippen molar-refractivity contribution in [3.05, 3.63) is 0 Å². The van der Waals surface area contributed by atoms with Crippen LogP contribution in [0.1, 0.15) is 59.3 Å². The fraction of sp³-hybridized carbons (Fsp3) is 1.00. The van der Waals surface area contributed by atoms with E-state index in [1.165, 1.54) is 12.8 Å². The maximum absolute atomic E-state index is 2.49. The van der Waals surface area contributed by atoms with Crippen LogP contribution in [0.4, 0.5) is 0 Å². The van der Waals surface area contributed by atoms with E-state index in [9.17, 15) is 0 Å². The van der Waals surface area contributed by atoms with Crippen LogP contribution in [0.15, 0.2) is 0 Å². The van der Waals surface area contributed by atoms with Gasteiger partial charge in [0.1, 0.15) is 0 Å². The Labute approximate surface area is 94.8 Å². The normalized spacial score (nSPS) is 52.6. The molecule has 3 fully saturated rings. The molecule has 0 aromatic rings. The molecule has 3 rings (SSSR count). The maximum Gasteiger partial charge on any atom is -0.0349 e. The van der Waals surface area contributed by atoms with Crippen molar-refractivity contribution in [1.82, 2.24) is 0 Å². The van der Waals surface area contributed by atoms with Crippen LogP contribution >= 0.6 is 0 Å². The van der Waals surface area contributed by atoms with Crippen LogP contribution in [0.5, 0.6) is 0 Å². The first-order valence-corrected chi connectivity index (χ1v) is 7.05. The van der Waals surface area contributed by atoms with Gasteiger partial charge in [0.25, 0.3) is 0 Å². The number of hydrogen-bond donors (Lipinski definition) is 0. The van der Waals surface area contributed by atoms with Crippen LogP contribution in [0.2, 0.25) is 0 Å². The summed E-state index contributed by atoms with van der Waals surface area (Å²) in [6, 6.07) is 0. The summed E-state index contributed by atoms with van der Waals surface area (Å²) in [7, 11) is 0. The first-order valence-electron chi connectivity index (χ1n) is 7.05. The van der Waals surface area contributed by atoms with Gasteiger partial charge in [-0.05, 0) is 73.5 Å². The van der Waals surface area contributed by atoms with Crippen molar-refractivity contribution >= 4 is 0 Å². The van der Waals surface area contributed by atoms with Gasteiger partial charge in [-0.25, -0.2) is 0 Å². The van der Waals surface area contributed by atoms with Crippen molar-refractivity contribution in [3.63, 3.8) is 0 Å². The predicted octanol–water partition coefficient (Wildman–Crippen LogP) is 4.49. The van der Waals surface area contributed by atoms with Crippen molar-refractivity contribution in [1.29, 1.82) is 0 Å². The molecule has 86 valence electrons. The summed E-state index contributed by atoms with van der Waals surface area (Å²) in [5.41, 5.74) is 0.655. The molecule has 0 spiro atoms. The van der Waals surface area contributed by atoms with Crippen LogP contribution in [0, 0.1) is 35.0 Å². The van der Waals surface area contributed by atoms with E-state index in [2.05, 4.69) is 20.8 Å². The van der Waals surface area contributed by atoms with Crippen LogP contribution in [-0.4, -0.2) is 0 Å². The number of rotatable bonds is 0. The van der Waals surface area contributed by atoms with E-state index in [0.29, 0.717) is 5.41 Å². The summed E-state index contributed by atoms with van der Waals surface area (Å²) in [6.45, 7) is 7.48. The summed E-state index contributed by atoms with van der Waals surface area (Å²) in [5, 5.41) is 0. The summed E-state index contributed by atoms with van der Waals surface area (Å²) in [4.78, 5) is 0. The smallest absolute Gasteiger partial charge is 0.0349 e. The molecule has 0 aromatic heterocycles. The van der Waals surface area contributed by atoms with Gasteiger partial charge in [-0.3, -0.25) is 0 Å². The number of fused-ring (bicyclic) bond motifs is 5. The lowest BCUT2D eigenvalue weighted by Gasteiger charge is -2.40. The summed E-state index contributed by atoms with van der Waals surface area (Å²) >= 11 is 0. The molecular weight excluding hydrogens is 180 g/mol. The molecule has 0 aromatic carbocycles. The minimum absolute atomic E-state index is 0.655.